The molecule has 6 heteroatoms. The van der Waals surface area contributed by atoms with E-state index in [2.05, 4.69) is 5.32 Å². The van der Waals surface area contributed by atoms with Crippen molar-refractivity contribution in [2.75, 3.05) is 6.79 Å². The molecular formula is C15H15NO5. The largest absolute Gasteiger partial charge is 0.480 e. The summed E-state index contributed by atoms with van der Waals surface area (Å²) in [5.74, 6) is -0.0186. The number of carbonyl (C=O) groups is 2. The summed E-state index contributed by atoms with van der Waals surface area (Å²) in [5, 5.41) is 11.6. The van der Waals surface area contributed by atoms with Gasteiger partial charge in [-0.05, 0) is 42.5 Å². The summed E-state index contributed by atoms with van der Waals surface area (Å²) < 4.78 is 10.4. The van der Waals surface area contributed by atoms with Crippen LogP contribution in [0.25, 0.3) is 6.08 Å². The first-order valence-electron chi connectivity index (χ1n) is 6.74. The van der Waals surface area contributed by atoms with Gasteiger partial charge in [0.25, 0.3) is 0 Å². The number of carboxylic acid groups (broad SMARTS) is 1. The summed E-state index contributed by atoms with van der Waals surface area (Å²) in [6.45, 7) is 0.199. The summed E-state index contributed by atoms with van der Waals surface area (Å²) in [6.07, 6.45) is 4.64. The molecule has 6 nitrogen and oxygen atoms in total. The molecule has 2 N–H and O–H groups in total. The molecular weight excluding hydrogens is 274 g/mol. The second kappa shape index (κ2) is 5.47. The maximum absolute atomic E-state index is 11.8. The smallest absolute Gasteiger partial charge is 0.326 e. The van der Waals surface area contributed by atoms with E-state index in [1.54, 1.807) is 24.3 Å². The molecule has 0 radical (unpaired) electrons. The third kappa shape index (κ3) is 3.16. The highest BCUT2D eigenvalue weighted by molar-refractivity contribution is 5.94. The van der Waals surface area contributed by atoms with Crippen molar-refractivity contribution in [2.24, 2.45) is 5.92 Å². The Hall–Kier alpha value is -2.50. The Morgan fingerprint density at radius 3 is 2.76 bits per heavy atom. The highest BCUT2D eigenvalue weighted by atomic mass is 16.7. The summed E-state index contributed by atoms with van der Waals surface area (Å²) in [6, 6.07) is 4.54. The van der Waals surface area contributed by atoms with Crippen molar-refractivity contribution in [3.8, 4) is 11.5 Å². The Balaban J connectivity index is 1.62. The van der Waals surface area contributed by atoms with Crippen LogP contribution in [0.4, 0.5) is 0 Å². The third-order valence-corrected chi connectivity index (χ3v) is 3.48. The number of amides is 1. The summed E-state index contributed by atoms with van der Waals surface area (Å²) >= 11 is 0. The molecule has 0 bridgehead atoms. The summed E-state index contributed by atoms with van der Waals surface area (Å²) in [7, 11) is 0. The molecule has 0 spiro atoms. The van der Waals surface area contributed by atoms with Gasteiger partial charge in [0.05, 0.1) is 0 Å². The summed E-state index contributed by atoms with van der Waals surface area (Å²) in [5.41, 5.74) is 0.785. The first kappa shape index (κ1) is 13.5. The number of nitrogens with one attached hydrogen (secondary N) is 1. The molecule has 1 aromatic rings. The van der Waals surface area contributed by atoms with Crippen molar-refractivity contribution in [1.29, 1.82) is 0 Å². The fourth-order valence-electron chi connectivity index (χ4n) is 2.20. The molecule has 1 aliphatic carbocycles. The lowest BCUT2D eigenvalue weighted by Crippen LogP contribution is -2.41. The lowest BCUT2D eigenvalue weighted by Gasteiger charge is -2.11. The van der Waals surface area contributed by atoms with Crippen LogP contribution in [0.15, 0.2) is 24.3 Å². The molecule has 1 heterocycles. The molecule has 2 aliphatic rings. The van der Waals surface area contributed by atoms with Gasteiger partial charge < -0.3 is 19.9 Å². The van der Waals surface area contributed by atoms with Crippen molar-refractivity contribution < 1.29 is 24.2 Å². The number of carboxylic acids is 1. The predicted molar refractivity (Wildman–Crippen MR) is 73.9 cm³/mol. The van der Waals surface area contributed by atoms with Crippen LogP contribution in [0.5, 0.6) is 11.5 Å². The molecule has 1 aromatic carbocycles. The number of hydrogen-bond donors (Lipinski definition) is 2. The Bertz CT molecular complexity index is 606. The summed E-state index contributed by atoms with van der Waals surface area (Å²) in [4.78, 5) is 22.8. The fraction of sp³-hybridized carbons (Fsp3) is 0.333. The van der Waals surface area contributed by atoms with Crippen LogP contribution in [0, 0.1) is 5.92 Å². The van der Waals surface area contributed by atoms with Gasteiger partial charge in [-0.2, -0.15) is 0 Å². The number of aliphatic carboxylic acids is 1. The highest BCUT2D eigenvalue weighted by Gasteiger charge is 2.36. The van der Waals surface area contributed by atoms with E-state index in [4.69, 9.17) is 14.6 Å². The van der Waals surface area contributed by atoms with Crippen LogP contribution >= 0.6 is 0 Å². The van der Waals surface area contributed by atoms with E-state index < -0.39 is 17.9 Å². The first-order valence-corrected chi connectivity index (χ1v) is 6.74. The van der Waals surface area contributed by atoms with E-state index in [0.29, 0.717) is 11.5 Å². The highest BCUT2D eigenvalue weighted by Crippen LogP contribution is 2.33. The Morgan fingerprint density at radius 2 is 2.05 bits per heavy atom. The lowest BCUT2D eigenvalue weighted by atomic mass is 10.1. The maximum Gasteiger partial charge on any atom is 0.326 e. The fourth-order valence-corrected chi connectivity index (χ4v) is 2.20. The monoisotopic (exact) mass is 289 g/mol. The minimum atomic E-state index is -0.984. The molecule has 1 saturated carbocycles. The van der Waals surface area contributed by atoms with Crippen LogP contribution < -0.4 is 14.8 Å². The van der Waals surface area contributed by atoms with Gasteiger partial charge in [-0.3, -0.25) is 4.79 Å². The van der Waals surface area contributed by atoms with Crippen molar-refractivity contribution in [2.45, 2.75) is 18.9 Å². The van der Waals surface area contributed by atoms with Gasteiger partial charge >= 0.3 is 5.97 Å². The average Bonchev–Trinajstić information content (AvgIpc) is 3.19. The normalized spacial score (nSPS) is 17.7. The molecule has 21 heavy (non-hydrogen) atoms. The molecule has 110 valence electrons. The van der Waals surface area contributed by atoms with Crippen molar-refractivity contribution in [3.05, 3.63) is 29.8 Å². The van der Waals surface area contributed by atoms with Crippen LogP contribution in [0.2, 0.25) is 0 Å². The number of benzene rings is 1. The Morgan fingerprint density at radius 1 is 1.29 bits per heavy atom. The molecule has 3 rings (SSSR count). The number of fused-ring (bicyclic) bond motifs is 1. The van der Waals surface area contributed by atoms with Crippen molar-refractivity contribution >= 4 is 18.0 Å². The van der Waals surface area contributed by atoms with Crippen LogP contribution in [-0.4, -0.2) is 29.8 Å². The van der Waals surface area contributed by atoms with E-state index in [1.807, 2.05) is 0 Å². The zero-order valence-corrected chi connectivity index (χ0v) is 11.2. The van der Waals surface area contributed by atoms with Crippen LogP contribution in [0.1, 0.15) is 18.4 Å². The topological polar surface area (TPSA) is 84.9 Å². The SMILES string of the molecule is O=C(C=Cc1ccc2c(c1)OCO2)NC(C(=O)O)C1CC1. The Labute approximate surface area is 121 Å². The zero-order valence-electron chi connectivity index (χ0n) is 11.2. The van der Waals surface area contributed by atoms with E-state index in [1.165, 1.54) is 6.08 Å². The standard InChI is InChI=1S/C15H15NO5/c17-13(16-14(15(18)19)10-3-4-10)6-2-9-1-5-11-12(7-9)21-8-20-11/h1-2,5-7,10,14H,3-4,8H2,(H,16,17)(H,18,19). The minimum absolute atomic E-state index is 0.0605. The van der Waals surface area contributed by atoms with Gasteiger partial charge in [-0.15, -0.1) is 0 Å². The zero-order chi connectivity index (χ0) is 14.8. The van der Waals surface area contributed by atoms with Crippen LogP contribution in [-0.2, 0) is 9.59 Å². The van der Waals surface area contributed by atoms with Crippen molar-refractivity contribution in [1.82, 2.24) is 5.32 Å². The minimum Gasteiger partial charge on any atom is -0.480 e. The van der Waals surface area contributed by atoms with Gasteiger partial charge in [0.1, 0.15) is 6.04 Å². The van der Waals surface area contributed by atoms with E-state index >= 15 is 0 Å². The quantitative estimate of drug-likeness (QED) is 0.801. The lowest BCUT2D eigenvalue weighted by molar-refractivity contribution is -0.141. The molecule has 1 aliphatic heterocycles. The van der Waals surface area contributed by atoms with E-state index in [0.717, 1.165) is 18.4 Å². The molecule has 1 amide bonds. The van der Waals surface area contributed by atoms with Gasteiger partial charge in [-0.25, -0.2) is 4.79 Å². The van der Waals surface area contributed by atoms with Gasteiger partial charge in [0.15, 0.2) is 11.5 Å². The molecule has 0 aromatic heterocycles. The molecule has 1 atom stereocenters. The second-order valence-corrected chi connectivity index (χ2v) is 5.11. The number of carbonyl (C=O) groups excluding carboxylic acids is 1. The van der Waals surface area contributed by atoms with Crippen molar-refractivity contribution in [3.63, 3.8) is 0 Å². The van der Waals surface area contributed by atoms with Crippen LogP contribution in [0.3, 0.4) is 0 Å². The molecule has 1 fully saturated rings. The van der Waals surface area contributed by atoms with Gasteiger partial charge in [0.2, 0.25) is 12.7 Å². The molecule has 0 saturated heterocycles. The Kier molecular flexibility index (Phi) is 3.51. The maximum atomic E-state index is 11.8. The second-order valence-electron chi connectivity index (χ2n) is 5.11. The predicted octanol–water partition coefficient (Wildman–Crippen LogP) is 1.41. The van der Waals surface area contributed by atoms with E-state index in [-0.39, 0.29) is 12.7 Å². The molecule has 1 unspecified atom stereocenters. The number of rotatable bonds is 5. The van der Waals surface area contributed by atoms with Gasteiger partial charge in [-0.1, -0.05) is 6.07 Å². The average molecular weight is 289 g/mol. The third-order valence-electron chi connectivity index (χ3n) is 3.48. The first-order chi connectivity index (χ1) is 10.1. The van der Waals surface area contributed by atoms with Gasteiger partial charge in [0, 0.05) is 6.08 Å². The number of ether oxygens (including phenoxy) is 2. The number of hydrogen-bond acceptors (Lipinski definition) is 4. The van der Waals surface area contributed by atoms with E-state index in [9.17, 15) is 9.59 Å².